The predicted octanol–water partition coefficient (Wildman–Crippen LogP) is 4.31. The molecule has 144 valence electrons. The quantitative estimate of drug-likeness (QED) is 0.563. The van der Waals surface area contributed by atoms with Crippen LogP contribution < -0.4 is 5.32 Å². The fourth-order valence-electron chi connectivity index (χ4n) is 3.07. The molecule has 1 aromatic carbocycles. The van der Waals surface area contributed by atoms with Gasteiger partial charge in [0, 0.05) is 30.6 Å². The summed E-state index contributed by atoms with van der Waals surface area (Å²) in [6, 6.07) is 8.15. The molecule has 0 saturated carbocycles. The number of halogens is 1. The van der Waals surface area contributed by atoms with Gasteiger partial charge in [-0.15, -0.1) is 12.4 Å². The number of nitrogens with one attached hydrogen (secondary N) is 2. The summed E-state index contributed by atoms with van der Waals surface area (Å²) in [5.74, 6) is 0.169. The molecule has 1 aromatic heterocycles. The number of fused-ring (bicyclic) bond motifs is 1. The van der Waals surface area contributed by atoms with Crippen LogP contribution >= 0.6 is 12.4 Å². The highest BCUT2D eigenvalue weighted by Crippen LogP contribution is 2.28. The first-order valence-electron chi connectivity index (χ1n) is 8.69. The third-order valence-electron chi connectivity index (χ3n) is 4.38. The number of carbonyl (C=O) groups excluding carboxylic acids is 1. The van der Waals surface area contributed by atoms with Gasteiger partial charge >= 0.3 is 12.1 Å². The van der Waals surface area contributed by atoms with Gasteiger partial charge in [-0.3, -0.25) is 4.79 Å². The Bertz CT molecular complexity index is 716. The normalized spacial score (nSPS) is 12.8. The predicted molar refractivity (Wildman–Crippen MR) is 104 cm³/mol. The van der Waals surface area contributed by atoms with Crippen molar-refractivity contribution in [3.05, 3.63) is 36.0 Å². The van der Waals surface area contributed by atoms with E-state index in [-0.39, 0.29) is 30.2 Å². The Balaban J connectivity index is 0.00000338. The minimum absolute atomic E-state index is 0. The van der Waals surface area contributed by atoms with Crippen LogP contribution in [-0.4, -0.2) is 35.3 Å². The number of esters is 1. The van der Waals surface area contributed by atoms with Crippen LogP contribution in [-0.2, 0) is 9.53 Å². The lowest BCUT2D eigenvalue weighted by Gasteiger charge is -2.21. The highest BCUT2D eigenvalue weighted by atomic mass is 35.5. The molecule has 2 rings (SSSR count). The van der Waals surface area contributed by atoms with Crippen molar-refractivity contribution in [1.82, 2.24) is 10.3 Å². The number of hydrogen-bond donors (Lipinski definition) is 3. The first-order chi connectivity index (χ1) is 12.0. The molecule has 1 heterocycles. The van der Waals surface area contributed by atoms with Gasteiger partial charge in [0.2, 0.25) is 0 Å². The molecule has 2 aromatic rings. The largest absolute Gasteiger partial charge is 0.466 e. The van der Waals surface area contributed by atoms with Crippen LogP contribution in [0, 0.1) is 5.92 Å². The van der Waals surface area contributed by atoms with Crippen LogP contribution in [0.1, 0.15) is 44.6 Å². The van der Waals surface area contributed by atoms with Crippen LogP contribution in [0.15, 0.2) is 30.5 Å². The van der Waals surface area contributed by atoms with Crippen molar-refractivity contribution in [3.8, 4) is 0 Å². The van der Waals surface area contributed by atoms with Gasteiger partial charge in [-0.05, 0) is 54.8 Å². The Morgan fingerprint density at radius 2 is 2.08 bits per heavy atom. The maximum absolute atomic E-state index is 11.5. The summed E-state index contributed by atoms with van der Waals surface area (Å²) < 4.78 is 4.97. The second-order valence-electron chi connectivity index (χ2n) is 6.39. The number of ether oxygens (including phenoxy) is 1. The number of aromatic amines is 1. The molecule has 0 radical (unpaired) electrons. The second-order valence-corrected chi connectivity index (χ2v) is 6.39. The van der Waals surface area contributed by atoms with E-state index in [2.05, 4.69) is 23.3 Å². The van der Waals surface area contributed by atoms with E-state index in [1.807, 2.05) is 24.4 Å². The maximum Gasteiger partial charge on any atom is 0.404 e. The molecule has 0 spiro atoms. The lowest BCUT2D eigenvalue weighted by Crippen LogP contribution is -2.27. The summed E-state index contributed by atoms with van der Waals surface area (Å²) in [6.45, 7) is 4.64. The summed E-state index contributed by atoms with van der Waals surface area (Å²) in [5.41, 5.74) is 2.16. The Morgan fingerprint density at radius 3 is 2.77 bits per heavy atom. The van der Waals surface area contributed by atoms with Crippen molar-refractivity contribution in [3.63, 3.8) is 0 Å². The molecule has 7 heteroatoms. The number of H-pyrrole nitrogens is 1. The third kappa shape index (κ3) is 6.59. The highest BCUT2D eigenvalue weighted by Gasteiger charge is 2.18. The van der Waals surface area contributed by atoms with Crippen molar-refractivity contribution in [2.45, 2.75) is 39.0 Å². The molecule has 6 nitrogen and oxygen atoms in total. The van der Waals surface area contributed by atoms with E-state index < -0.39 is 6.09 Å². The summed E-state index contributed by atoms with van der Waals surface area (Å²) >= 11 is 0. The monoisotopic (exact) mass is 382 g/mol. The van der Waals surface area contributed by atoms with Gasteiger partial charge < -0.3 is 20.1 Å². The summed E-state index contributed by atoms with van der Waals surface area (Å²) in [7, 11) is 0. The Hall–Kier alpha value is -2.21. The molecule has 26 heavy (non-hydrogen) atoms. The average molecular weight is 383 g/mol. The van der Waals surface area contributed by atoms with E-state index in [1.54, 1.807) is 6.92 Å². The van der Waals surface area contributed by atoms with E-state index in [9.17, 15) is 9.59 Å². The van der Waals surface area contributed by atoms with Gasteiger partial charge in [0.1, 0.15) is 0 Å². The van der Waals surface area contributed by atoms with Crippen molar-refractivity contribution in [1.29, 1.82) is 0 Å². The Morgan fingerprint density at radius 1 is 1.31 bits per heavy atom. The number of benzene rings is 1. The first-order valence-corrected chi connectivity index (χ1v) is 8.69. The van der Waals surface area contributed by atoms with Crippen LogP contribution in [0.5, 0.6) is 0 Å². The van der Waals surface area contributed by atoms with Gasteiger partial charge in [0.05, 0.1) is 6.61 Å². The number of rotatable bonds is 9. The molecule has 3 N–H and O–H groups in total. The fourth-order valence-corrected chi connectivity index (χ4v) is 3.07. The molecule has 0 saturated heterocycles. The molecule has 2 atom stereocenters. The molecule has 0 aliphatic carbocycles. The van der Waals surface area contributed by atoms with E-state index in [0.29, 0.717) is 19.6 Å². The minimum Gasteiger partial charge on any atom is -0.466 e. The molecule has 0 aliphatic heterocycles. The zero-order chi connectivity index (χ0) is 18.2. The number of hydrogen-bond acceptors (Lipinski definition) is 3. The minimum atomic E-state index is -1.02. The average Bonchev–Trinajstić information content (AvgIpc) is 3.04. The second kappa shape index (κ2) is 10.7. The molecule has 2 unspecified atom stereocenters. The lowest BCUT2D eigenvalue weighted by atomic mass is 9.87. The van der Waals surface area contributed by atoms with Crippen LogP contribution in [0.3, 0.4) is 0 Å². The number of carboxylic acid groups (broad SMARTS) is 1. The molecule has 0 aliphatic rings. The maximum atomic E-state index is 11.5. The lowest BCUT2D eigenvalue weighted by molar-refractivity contribution is -0.143. The van der Waals surface area contributed by atoms with Gasteiger partial charge in [-0.1, -0.05) is 13.0 Å². The Labute approximate surface area is 159 Å². The molecular weight excluding hydrogens is 356 g/mol. The highest BCUT2D eigenvalue weighted by molar-refractivity contribution is 5.85. The summed E-state index contributed by atoms with van der Waals surface area (Å²) in [6.07, 6.45) is 2.79. The molecule has 0 fully saturated rings. The Kier molecular flexibility index (Phi) is 8.99. The standard InChI is InChI=1S/C19H26N2O4.ClH/c1-3-25-18(22)7-4-13(2)10-16(12-21-19(23)24)14-5-6-17-15(11-14)8-9-20-17;/h5-6,8-9,11,13,16,20-21H,3-4,7,10,12H2,1-2H3,(H,23,24);1H. The SMILES string of the molecule is CCOC(=O)CCC(C)CC(CNC(=O)O)c1ccc2[nH]ccc2c1.Cl. The van der Waals surface area contributed by atoms with Gasteiger partial charge in [-0.2, -0.15) is 0 Å². The smallest absolute Gasteiger partial charge is 0.404 e. The van der Waals surface area contributed by atoms with Crippen LogP contribution in [0.2, 0.25) is 0 Å². The number of aromatic nitrogens is 1. The van der Waals surface area contributed by atoms with Crippen molar-refractivity contribution in [2.24, 2.45) is 5.92 Å². The van der Waals surface area contributed by atoms with Crippen LogP contribution in [0.4, 0.5) is 4.79 Å². The van der Waals surface area contributed by atoms with E-state index >= 15 is 0 Å². The summed E-state index contributed by atoms with van der Waals surface area (Å²) in [4.78, 5) is 25.6. The first kappa shape index (κ1) is 21.8. The van der Waals surface area contributed by atoms with Crippen LogP contribution in [0.25, 0.3) is 10.9 Å². The van der Waals surface area contributed by atoms with Crippen molar-refractivity contribution >= 4 is 35.4 Å². The van der Waals surface area contributed by atoms with Crippen molar-refractivity contribution in [2.75, 3.05) is 13.2 Å². The fraction of sp³-hybridized carbons (Fsp3) is 0.474. The zero-order valence-corrected chi connectivity index (χ0v) is 16.0. The molecular formula is C19H27ClN2O4. The van der Waals surface area contributed by atoms with E-state index in [1.165, 1.54) is 0 Å². The van der Waals surface area contributed by atoms with Gasteiger partial charge in [0.15, 0.2) is 0 Å². The van der Waals surface area contributed by atoms with Gasteiger partial charge in [-0.25, -0.2) is 4.79 Å². The molecule has 1 amide bonds. The summed E-state index contributed by atoms with van der Waals surface area (Å²) in [5, 5.41) is 12.5. The van der Waals surface area contributed by atoms with E-state index in [4.69, 9.17) is 9.84 Å². The van der Waals surface area contributed by atoms with E-state index in [0.717, 1.165) is 29.3 Å². The topological polar surface area (TPSA) is 91.4 Å². The number of carbonyl (C=O) groups is 2. The molecule has 0 bridgehead atoms. The third-order valence-corrected chi connectivity index (χ3v) is 4.38. The number of amides is 1. The van der Waals surface area contributed by atoms with Gasteiger partial charge in [0.25, 0.3) is 0 Å². The zero-order valence-electron chi connectivity index (χ0n) is 15.2. The van der Waals surface area contributed by atoms with Crippen molar-refractivity contribution < 1.29 is 19.4 Å².